The average molecular weight is 378 g/mol. The molecule has 0 bridgehead atoms. The summed E-state index contributed by atoms with van der Waals surface area (Å²) in [7, 11) is 4.28. The fourth-order valence-electron chi connectivity index (χ4n) is 3.15. The molecule has 0 saturated heterocycles. The van der Waals surface area contributed by atoms with E-state index in [2.05, 4.69) is 41.9 Å². The van der Waals surface area contributed by atoms with Gasteiger partial charge in [-0.1, -0.05) is 6.58 Å². The van der Waals surface area contributed by atoms with Gasteiger partial charge in [-0.05, 0) is 64.0 Å². The Morgan fingerprint density at radius 3 is 2.78 bits per heavy atom. The highest BCUT2D eigenvalue weighted by molar-refractivity contribution is 8.93. The predicted octanol–water partition coefficient (Wildman–Crippen LogP) is 3.68. The maximum Gasteiger partial charge on any atom is 0.250 e. The third kappa shape index (κ3) is 3.51. The number of fused-ring (bicyclic) bond motifs is 3. The van der Waals surface area contributed by atoms with Gasteiger partial charge in [-0.2, -0.15) is 0 Å². The molecule has 0 fully saturated rings. The van der Waals surface area contributed by atoms with Crippen LogP contribution < -0.4 is 5.32 Å². The summed E-state index contributed by atoms with van der Waals surface area (Å²) in [4.78, 5) is 17.6. The number of benzene rings is 1. The lowest BCUT2D eigenvalue weighted by atomic mass is 9.91. The molecule has 1 aromatic carbocycles. The molecule has 1 aliphatic rings. The molecule has 5 heteroatoms. The van der Waals surface area contributed by atoms with E-state index in [9.17, 15) is 4.79 Å². The summed E-state index contributed by atoms with van der Waals surface area (Å²) in [5, 5.41) is 4.12. The zero-order valence-electron chi connectivity index (χ0n) is 13.9. The Morgan fingerprint density at radius 2 is 2.13 bits per heavy atom. The van der Waals surface area contributed by atoms with Gasteiger partial charge in [-0.15, -0.1) is 17.0 Å². The first-order valence-electron chi connectivity index (χ1n) is 7.72. The number of rotatable bonds is 3. The van der Waals surface area contributed by atoms with Gasteiger partial charge in [0.1, 0.15) is 0 Å². The fourth-order valence-corrected chi connectivity index (χ4v) is 3.15. The van der Waals surface area contributed by atoms with Gasteiger partial charge in [0.2, 0.25) is 0 Å². The average Bonchev–Trinajstić information content (AvgIpc) is 2.84. The standard InChI is InChI=1S/C18H23N3O.BrH/c1-11(2)18(22)19-12-5-7-16-14(9-12)15-10-13(21(3)4)6-8-17(15)20-16;/h5,7,9,13,20H,1,6,8,10H2,2-4H3,(H,19,22);1H. The van der Waals surface area contributed by atoms with Crippen molar-refractivity contribution in [1.82, 2.24) is 9.88 Å². The van der Waals surface area contributed by atoms with E-state index in [1.54, 1.807) is 6.92 Å². The molecule has 3 rings (SSSR count). The number of nitrogens with zero attached hydrogens (tertiary/aromatic N) is 1. The van der Waals surface area contributed by atoms with Gasteiger partial charge in [0.05, 0.1) is 0 Å². The van der Waals surface area contributed by atoms with E-state index in [1.807, 2.05) is 12.1 Å². The van der Waals surface area contributed by atoms with Crippen molar-refractivity contribution in [3.63, 3.8) is 0 Å². The van der Waals surface area contributed by atoms with Crippen LogP contribution in [0.3, 0.4) is 0 Å². The number of hydrogen-bond acceptors (Lipinski definition) is 2. The highest BCUT2D eigenvalue weighted by Crippen LogP contribution is 2.32. The molecule has 1 aliphatic carbocycles. The second-order valence-electron chi connectivity index (χ2n) is 6.44. The molecule has 2 N–H and O–H groups in total. The molecule has 2 aromatic rings. The number of aromatic amines is 1. The Kier molecular flexibility index (Phi) is 5.32. The van der Waals surface area contributed by atoms with Gasteiger partial charge < -0.3 is 15.2 Å². The Bertz CT molecular complexity index is 748. The molecular formula is C18H24BrN3O. The number of anilines is 1. The zero-order chi connectivity index (χ0) is 15.9. The minimum absolute atomic E-state index is 0. The highest BCUT2D eigenvalue weighted by Gasteiger charge is 2.23. The maximum absolute atomic E-state index is 11.8. The van der Waals surface area contributed by atoms with Crippen molar-refractivity contribution in [3.05, 3.63) is 41.6 Å². The molecule has 0 spiro atoms. The van der Waals surface area contributed by atoms with Gasteiger partial charge in [-0.3, -0.25) is 4.79 Å². The number of aryl methyl sites for hydroxylation is 1. The molecule has 1 heterocycles. The van der Waals surface area contributed by atoms with Crippen LogP contribution in [0.15, 0.2) is 30.4 Å². The van der Waals surface area contributed by atoms with Crippen LogP contribution in [0.2, 0.25) is 0 Å². The van der Waals surface area contributed by atoms with Crippen molar-refractivity contribution in [2.45, 2.75) is 32.2 Å². The van der Waals surface area contributed by atoms with E-state index in [1.165, 1.54) is 23.1 Å². The van der Waals surface area contributed by atoms with Crippen LogP contribution in [0.5, 0.6) is 0 Å². The number of aromatic nitrogens is 1. The normalized spacial score (nSPS) is 16.8. The lowest BCUT2D eigenvalue weighted by molar-refractivity contribution is -0.112. The molecule has 4 nitrogen and oxygen atoms in total. The van der Waals surface area contributed by atoms with E-state index in [0.717, 1.165) is 24.0 Å². The minimum Gasteiger partial charge on any atom is -0.358 e. The lowest BCUT2D eigenvalue weighted by Gasteiger charge is -2.28. The number of amides is 1. The third-order valence-corrected chi connectivity index (χ3v) is 4.54. The predicted molar refractivity (Wildman–Crippen MR) is 102 cm³/mol. The van der Waals surface area contributed by atoms with Crippen LogP contribution in [0.25, 0.3) is 10.9 Å². The number of nitrogens with one attached hydrogen (secondary N) is 2. The molecule has 0 aliphatic heterocycles. The number of likely N-dealkylation sites (N-methyl/N-ethyl adjacent to an activating group) is 1. The Hall–Kier alpha value is -1.59. The summed E-state index contributed by atoms with van der Waals surface area (Å²) in [6.45, 7) is 5.40. The van der Waals surface area contributed by atoms with Crippen LogP contribution in [0.4, 0.5) is 5.69 Å². The van der Waals surface area contributed by atoms with Crippen molar-refractivity contribution in [1.29, 1.82) is 0 Å². The number of carbonyl (C=O) groups excluding carboxylic acids is 1. The van der Waals surface area contributed by atoms with Gasteiger partial charge in [-0.25, -0.2) is 0 Å². The molecule has 1 aromatic heterocycles. The second-order valence-corrected chi connectivity index (χ2v) is 6.44. The largest absolute Gasteiger partial charge is 0.358 e. The molecule has 0 saturated carbocycles. The smallest absolute Gasteiger partial charge is 0.250 e. The van der Waals surface area contributed by atoms with Crippen molar-refractivity contribution in [2.24, 2.45) is 0 Å². The quantitative estimate of drug-likeness (QED) is 0.801. The highest BCUT2D eigenvalue weighted by atomic mass is 79.9. The van der Waals surface area contributed by atoms with Crippen molar-refractivity contribution >= 4 is 39.5 Å². The second kappa shape index (κ2) is 6.89. The third-order valence-electron chi connectivity index (χ3n) is 4.54. The summed E-state index contributed by atoms with van der Waals surface area (Å²) in [6.07, 6.45) is 3.33. The molecule has 1 atom stereocenters. The van der Waals surface area contributed by atoms with Crippen molar-refractivity contribution in [2.75, 3.05) is 19.4 Å². The summed E-state index contributed by atoms with van der Waals surface area (Å²) in [5.41, 5.74) is 5.23. The van der Waals surface area contributed by atoms with E-state index >= 15 is 0 Å². The monoisotopic (exact) mass is 377 g/mol. The van der Waals surface area contributed by atoms with Gasteiger partial charge in [0.25, 0.3) is 5.91 Å². The maximum atomic E-state index is 11.8. The summed E-state index contributed by atoms with van der Waals surface area (Å²) in [5.74, 6) is -0.130. The summed E-state index contributed by atoms with van der Waals surface area (Å²) in [6, 6.07) is 6.64. The molecule has 124 valence electrons. The SMILES string of the molecule is Br.C=C(C)C(=O)Nc1ccc2[nH]c3c(c2c1)CC(N(C)C)CC3. The van der Waals surface area contributed by atoms with Crippen molar-refractivity contribution < 1.29 is 4.79 Å². The van der Waals surface area contributed by atoms with E-state index in [-0.39, 0.29) is 22.9 Å². The number of hydrogen-bond donors (Lipinski definition) is 2. The van der Waals surface area contributed by atoms with Gasteiger partial charge in [0.15, 0.2) is 0 Å². The first-order chi connectivity index (χ1) is 10.5. The first-order valence-corrected chi connectivity index (χ1v) is 7.72. The Balaban J connectivity index is 0.00000192. The minimum atomic E-state index is -0.130. The summed E-state index contributed by atoms with van der Waals surface area (Å²) >= 11 is 0. The van der Waals surface area contributed by atoms with Crippen LogP contribution in [-0.4, -0.2) is 35.9 Å². The van der Waals surface area contributed by atoms with E-state index in [0.29, 0.717) is 11.6 Å². The topological polar surface area (TPSA) is 48.1 Å². The first kappa shape index (κ1) is 17.8. The Labute approximate surface area is 147 Å². The van der Waals surface area contributed by atoms with E-state index < -0.39 is 0 Å². The summed E-state index contributed by atoms with van der Waals surface area (Å²) < 4.78 is 0. The van der Waals surface area contributed by atoms with Crippen LogP contribution in [-0.2, 0) is 17.6 Å². The van der Waals surface area contributed by atoms with Crippen LogP contribution in [0.1, 0.15) is 24.6 Å². The number of H-pyrrole nitrogens is 1. The van der Waals surface area contributed by atoms with Crippen LogP contribution >= 0.6 is 17.0 Å². The van der Waals surface area contributed by atoms with Gasteiger partial charge >= 0.3 is 0 Å². The number of halogens is 1. The molecule has 1 unspecified atom stereocenters. The molecule has 0 radical (unpaired) electrons. The lowest BCUT2D eigenvalue weighted by Crippen LogP contribution is -2.33. The fraction of sp³-hybridized carbons (Fsp3) is 0.389. The molecular weight excluding hydrogens is 354 g/mol. The molecule has 23 heavy (non-hydrogen) atoms. The van der Waals surface area contributed by atoms with Crippen molar-refractivity contribution in [3.8, 4) is 0 Å². The van der Waals surface area contributed by atoms with Gasteiger partial charge in [0, 0.05) is 33.9 Å². The zero-order valence-corrected chi connectivity index (χ0v) is 15.6. The van der Waals surface area contributed by atoms with E-state index in [4.69, 9.17) is 0 Å². The Morgan fingerprint density at radius 1 is 1.39 bits per heavy atom. The number of carbonyl (C=O) groups is 1. The van der Waals surface area contributed by atoms with Crippen LogP contribution in [0, 0.1) is 0 Å². The molecule has 1 amide bonds.